The number of carbonyl (C=O) groups is 1. The van der Waals surface area contributed by atoms with Crippen LogP contribution in [0.5, 0.6) is 0 Å². The van der Waals surface area contributed by atoms with Crippen molar-refractivity contribution < 1.29 is 9.72 Å². The van der Waals surface area contributed by atoms with Crippen molar-refractivity contribution in [3.05, 3.63) is 27.9 Å². The molecule has 1 aromatic rings. The van der Waals surface area contributed by atoms with Crippen molar-refractivity contribution >= 4 is 11.7 Å². The van der Waals surface area contributed by atoms with Gasteiger partial charge in [-0.1, -0.05) is 0 Å². The molecular weight excluding hydrogens is 260 g/mol. The Labute approximate surface area is 117 Å². The molecule has 110 valence electrons. The van der Waals surface area contributed by atoms with E-state index in [1.807, 2.05) is 6.92 Å². The van der Waals surface area contributed by atoms with Crippen LogP contribution < -0.4 is 5.32 Å². The number of carbonyl (C=O) groups excluding carboxylic acids is 1. The van der Waals surface area contributed by atoms with Gasteiger partial charge >= 0.3 is 5.82 Å². The lowest BCUT2D eigenvalue weighted by Crippen LogP contribution is -2.41. The van der Waals surface area contributed by atoms with Gasteiger partial charge < -0.3 is 20.3 Å². The second-order valence-corrected chi connectivity index (χ2v) is 5.03. The zero-order valence-electron chi connectivity index (χ0n) is 11.8. The summed E-state index contributed by atoms with van der Waals surface area (Å²) in [7, 11) is 1.55. The Morgan fingerprint density at radius 3 is 2.85 bits per heavy atom. The Morgan fingerprint density at radius 1 is 1.60 bits per heavy atom. The van der Waals surface area contributed by atoms with E-state index in [0.29, 0.717) is 24.8 Å². The molecule has 0 bridgehead atoms. The summed E-state index contributed by atoms with van der Waals surface area (Å²) in [6.45, 7) is 4.15. The van der Waals surface area contributed by atoms with E-state index in [9.17, 15) is 14.9 Å². The Balaban J connectivity index is 2.13. The number of amides is 1. The summed E-state index contributed by atoms with van der Waals surface area (Å²) in [4.78, 5) is 24.6. The van der Waals surface area contributed by atoms with Crippen molar-refractivity contribution in [3.8, 4) is 0 Å². The van der Waals surface area contributed by atoms with Gasteiger partial charge in [0, 0.05) is 25.2 Å². The van der Waals surface area contributed by atoms with Crippen LogP contribution in [0, 0.1) is 10.1 Å². The summed E-state index contributed by atoms with van der Waals surface area (Å²) in [5.41, 5.74) is 0.358. The predicted molar refractivity (Wildman–Crippen MR) is 74.7 cm³/mol. The standard InChI is InChI=1S/C13H20N4O3/c1-3-16(9-10-5-4-8-14-10)13(18)11-6-7-12(15(11)2)17(19)20/h6-7,10,14H,3-5,8-9H2,1-2H3. The van der Waals surface area contributed by atoms with Crippen LogP contribution in [-0.4, -0.2) is 46.0 Å². The van der Waals surface area contributed by atoms with Gasteiger partial charge in [-0.3, -0.25) is 4.79 Å². The molecule has 7 nitrogen and oxygen atoms in total. The maximum atomic E-state index is 12.5. The fourth-order valence-corrected chi connectivity index (χ4v) is 2.59. The van der Waals surface area contributed by atoms with Gasteiger partial charge in [0.1, 0.15) is 0 Å². The van der Waals surface area contributed by atoms with Crippen molar-refractivity contribution in [2.24, 2.45) is 7.05 Å². The van der Waals surface area contributed by atoms with Crippen LogP contribution in [0.1, 0.15) is 30.3 Å². The monoisotopic (exact) mass is 280 g/mol. The molecule has 1 aliphatic heterocycles. The molecule has 2 heterocycles. The van der Waals surface area contributed by atoms with Crippen LogP contribution in [0.15, 0.2) is 12.1 Å². The zero-order valence-corrected chi connectivity index (χ0v) is 11.8. The molecule has 0 spiro atoms. The van der Waals surface area contributed by atoms with E-state index < -0.39 is 4.92 Å². The van der Waals surface area contributed by atoms with E-state index in [4.69, 9.17) is 0 Å². The summed E-state index contributed by atoms with van der Waals surface area (Å²) >= 11 is 0. The highest BCUT2D eigenvalue weighted by atomic mass is 16.6. The molecule has 0 aliphatic carbocycles. The van der Waals surface area contributed by atoms with Gasteiger partial charge in [-0.15, -0.1) is 0 Å². The Kier molecular flexibility index (Phi) is 4.39. The molecule has 0 aromatic carbocycles. The number of hydrogen-bond donors (Lipinski definition) is 1. The molecule has 1 saturated heterocycles. The minimum atomic E-state index is -0.481. The molecule has 20 heavy (non-hydrogen) atoms. The highest BCUT2D eigenvalue weighted by molar-refractivity contribution is 5.93. The van der Waals surface area contributed by atoms with Crippen molar-refractivity contribution in [3.63, 3.8) is 0 Å². The number of nitrogens with one attached hydrogen (secondary N) is 1. The molecule has 1 aromatic heterocycles. The molecule has 7 heteroatoms. The fourth-order valence-electron chi connectivity index (χ4n) is 2.59. The highest BCUT2D eigenvalue weighted by Crippen LogP contribution is 2.17. The molecule has 1 fully saturated rings. The molecule has 1 atom stereocenters. The largest absolute Gasteiger partial charge is 0.358 e. The van der Waals surface area contributed by atoms with E-state index in [1.54, 1.807) is 11.9 Å². The number of nitrogens with zero attached hydrogens (tertiary/aromatic N) is 3. The molecule has 1 unspecified atom stereocenters. The van der Waals surface area contributed by atoms with Gasteiger partial charge in [0.25, 0.3) is 5.91 Å². The zero-order chi connectivity index (χ0) is 14.7. The first-order chi connectivity index (χ1) is 9.54. The van der Waals surface area contributed by atoms with Gasteiger partial charge in [-0.25, -0.2) is 4.57 Å². The van der Waals surface area contributed by atoms with Gasteiger partial charge in [0.05, 0.1) is 7.05 Å². The third-order valence-corrected chi connectivity index (χ3v) is 3.77. The number of likely N-dealkylation sites (N-methyl/N-ethyl adjacent to an activating group) is 1. The molecular formula is C13H20N4O3. The van der Waals surface area contributed by atoms with Gasteiger partial charge in [0.2, 0.25) is 0 Å². The van der Waals surface area contributed by atoms with Crippen molar-refractivity contribution in [2.45, 2.75) is 25.8 Å². The SMILES string of the molecule is CCN(CC1CCCN1)C(=O)c1ccc([N+](=O)[O-])n1C. The average Bonchev–Trinajstić information content (AvgIpc) is 3.04. The average molecular weight is 280 g/mol. The van der Waals surface area contributed by atoms with E-state index in [0.717, 1.165) is 19.4 Å². The minimum absolute atomic E-state index is 0.0663. The van der Waals surface area contributed by atoms with Crippen LogP contribution in [0.4, 0.5) is 5.82 Å². The predicted octanol–water partition coefficient (Wildman–Crippen LogP) is 1.15. The molecule has 0 radical (unpaired) electrons. The molecule has 1 N–H and O–H groups in total. The summed E-state index contributed by atoms with van der Waals surface area (Å²) < 4.78 is 1.34. The Bertz CT molecular complexity index is 506. The first kappa shape index (κ1) is 14.5. The Morgan fingerprint density at radius 2 is 2.35 bits per heavy atom. The van der Waals surface area contributed by atoms with Crippen LogP contribution in [0.2, 0.25) is 0 Å². The van der Waals surface area contributed by atoms with E-state index >= 15 is 0 Å². The summed E-state index contributed by atoms with van der Waals surface area (Å²) in [5, 5.41) is 14.2. The van der Waals surface area contributed by atoms with E-state index in [2.05, 4.69) is 5.32 Å². The lowest BCUT2D eigenvalue weighted by atomic mass is 10.2. The van der Waals surface area contributed by atoms with E-state index in [-0.39, 0.29) is 11.7 Å². The topological polar surface area (TPSA) is 80.4 Å². The molecule has 2 rings (SSSR count). The van der Waals surface area contributed by atoms with Crippen molar-refractivity contribution in [2.75, 3.05) is 19.6 Å². The summed E-state index contributed by atoms with van der Waals surface area (Å²) in [6.07, 6.45) is 2.20. The summed E-state index contributed by atoms with van der Waals surface area (Å²) in [5.74, 6) is -0.222. The maximum Gasteiger partial charge on any atom is 0.323 e. The van der Waals surface area contributed by atoms with Crippen LogP contribution in [0.3, 0.4) is 0 Å². The van der Waals surface area contributed by atoms with Crippen LogP contribution in [0.25, 0.3) is 0 Å². The van der Waals surface area contributed by atoms with E-state index in [1.165, 1.54) is 16.7 Å². The quantitative estimate of drug-likeness (QED) is 0.648. The number of nitro groups is 1. The maximum absolute atomic E-state index is 12.5. The third kappa shape index (κ3) is 2.82. The molecule has 1 amide bonds. The smallest absolute Gasteiger partial charge is 0.323 e. The van der Waals surface area contributed by atoms with Crippen molar-refractivity contribution in [1.29, 1.82) is 0 Å². The first-order valence-electron chi connectivity index (χ1n) is 6.87. The second kappa shape index (κ2) is 6.04. The minimum Gasteiger partial charge on any atom is -0.358 e. The number of rotatable bonds is 5. The van der Waals surface area contributed by atoms with Crippen LogP contribution in [-0.2, 0) is 7.05 Å². The first-order valence-corrected chi connectivity index (χ1v) is 6.87. The Hall–Kier alpha value is -1.89. The second-order valence-electron chi connectivity index (χ2n) is 5.03. The number of hydrogen-bond acceptors (Lipinski definition) is 4. The molecule has 1 aliphatic rings. The lowest BCUT2D eigenvalue weighted by molar-refractivity contribution is -0.391. The van der Waals surface area contributed by atoms with Crippen molar-refractivity contribution in [1.82, 2.24) is 14.8 Å². The van der Waals surface area contributed by atoms with Gasteiger partial charge in [0.15, 0.2) is 5.69 Å². The third-order valence-electron chi connectivity index (χ3n) is 3.77. The fraction of sp³-hybridized carbons (Fsp3) is 0.615. The normalized spacial score (nSPS) is 18.2. The lowest BCUT2D eigenvalue weighted by Gasteiger charge is -2.23. The molecule has 0 saturated carbocycles. The van der Waals surface area contributed by atoms with Crippen LogP contribution >= 0.6 is 0 Å². The van der Waals surface area contributed by atoms with Gasteiger partial charge in [-0.05, 0) is 37.3 Å². The highest BCUT2D eigenvalue weighted by Gasteiger charge is 2.26. The van der Waals surface area contributed by atoms with Gasteiger partial charge in [-0.2, -0.15) is 0 Å². The summed E-state index contributed by atoms with van der Waals surface area (Å²) in [6, 6.07) is 3.22. The number of aromatic nitrogens is 1.